The van der Waals surface area contributed by atoms with Gasteiger partial charge in [-0.05, 0) is 61.4 Å². The number of hydrogen-bond acceptors (Lipinski definition) is 4. The number of unbranched alkanes of at least 4 members (excludes halogenated alkanes) is 3. The van der Waals surface area contributed by atoms with E-state index in [0.717, 1.165) is 25.7 Å². The Balaban J connectivity index is 1.48. The van der Waals surface area contributed by atoms with Gasteiger partial charge in [0.1, 0.15) is 0 Å². The van der Waals surface area contributed by atoms with E-state index in [1.807, 2.05) is 12.1 Å². The Bertz CT molecular complexity index is 833. The molecule has 2 aromatic carbocycles. The molecule has 2 rings (SSSR count). The molecule has 0 aliphatic carbocycles. The van der Waals surface area contributed by atoms with E-state index in [4.69, 9.17) is 10.5 Å². The number of carbonyl (C=O) groups is 2. The van der Waals surface area contributed by atoms with Crippen LogP contribution in [-0.2, 0) is 0 Å². The molecule has 0 bridgehead atoms. The summed E-state index contributed by atoms with van der Waals surface area (Å²) in [6, 6.07) is 16.8. The molecule has 30 heavy (non-hydrogen) atoms. The molecule has 0 atom stereocenters. The predicted molar refractivity (Wildman–Crippen MR) is 115 cm³/mol. The van der Waals surface area contributed by atoms with Crippen molar-refractivity contribution < 1.29 is 9.59 Å². The maximum atomic E-state index is 11.8. The van der Waals surface area contributed by atoms with Crippen molar-refractivity contribution in [2.45, 2.75) is 25.7 Å². The number of carbonyl (C=O) groups excluding carboxylic acids is 2. The fraction of sp³-hybridized carbons (Fsp3) is 0.273. The predicted octanol–water partition coefficient (Wildman–Crippen LogP) is 3.93. The maximum absolute atomic E-state index is 11.8. The largest absolute Gasteiger partial charge is 0.338 e. The first-order chi connectivity index (χ1) is 14.6. The van der Waals surface area contributed by atoms with Gasteiger partial charge < -0.3 is 21.3 Å². The number of nitriles is 2. The Labute approximate surface area is 175 Å². The lowest BCUT2D eigenvalue weighted by molar-refractivity contribution is 0.250. The van der Waals surface area contributed by atoms with Gasteiger partial charge in [-0.25, -0.2) is 9.59 Å². The lowest BCUT2D eigenvalue weighted by atomic mass is 10.2. The highest BCUT2D eigenvalue weighted by Gasteiger charge is 2.02. The van der Waals surface area contributed by atoms with Gasteiger partial charge >= 0.3 is 12.1 Å². The van der Waals surface area contributed by atoms with Gasteiger partial charge in [0.05, 0.1) is 23.3 Å². The molecule has 0 aliphatic heterocycles. The smallest absolute Gasteiger partial charge is 0.319 e. The highest BCUT2D eigenvalue weighted by Crippen LogP contribution is 2.09. The highest BCUT2D eigenvalue weighted by molar-refractivity contribution is 5.89. The minimum atomic E-state index is -0.277. The monoisotopic (exact) mass is 404 g/mol. The van der Waals surface area contributed by atoms with Crippen molar-refractivity contribution in [3.63, 3.8) is 0 Å². The van der Waals surface area contributed by atoms with Crippen LogP contribution in [0.15, 0.2) is 48.5 Å². The fourth-order valence-corrected chi connectivity index (χ4v) is 2.61. The van der Waals surface area contributed by atoms with Gasteiger partial charge in [-0.1, -0.05) is 12.8 Å². The van der Waals surface area contributed by atoms with E-state index >= 15 is 0 Å². The van der Waals surface area contributed by atoms with E-state index in [2.05, 4.69) is 21.3 Å². The summed E-state index contributed by atoms with van der Waals surface area (Å²) < 4.78 is 0. The molecular weight excluding hydrogens is 380 g/mol. The molecule has 4 N–H and O–H groups in total. The van der Waals surface area contributed by atoms with E-state index in [0.29, 0.717) is 35.6 Å². The molecule has 0 saturated carbocycles. The SMILES string of the molecule is N#Cc1ccc(NC(=O)NCCCCCCNC(=O)Nc2ccc(C#N)cc2)cc1. The normalized spacial score (nSPS) is 9.67. The van der Waals surface area contributed by atoms with Crippen molar-refractivity contribution in [2.24, 2.45) is 0 Å². The van der Waals surface area contributed by atoms with Crippen molar-refractivity contribution in [1.82, 2.24) is 10.6 Å². The molecule has 0 spiro atoms. The van der Waals surface area contributed by atoms with Gasteiger partial charge in [0.15, 0.2) is 0 Å². The van der Waals surface area contributed by atoms with E-state index in [1.54, 1.807) is 48.5 Å². The summed E-state index contributed by atoms with van der Waals surface area (Å²) in [6.45, 7) is 1.13. The van der Waals surface area contributed by atoms with E-state index in [1.165, 1.54) is 0 Å². The van der Waals surface area contributed by atoms with Crippen LogP contribution in [0.4, 0.5) is 21.0 Å². The summed E-state index contributed by atoms with van der Waals surface area (Å²) in [4.78, 5) is 23.6. The summed E-state index contributed by atoms with van der Waals surface area (Å²) >= 11 is 0. The summed E-state index contributed by atoms with van der Waals surface area (Å²) in [6.07, 6.45) is 3.57. The third-order valence-electron chi connectivity index (χ3n) is 4.22. The highest BCUT2D eigenvalue weighted by atomic mass is 16.2. The quantitative estimate of drug-likeness (QED) is 0.472. The zero-order valence-corrected chi connectivity index (χ0v) is 16.6. The first kappa shape index (κ1) is 22.3. The van der Waals surface area contributed by atoms with Gasteiger partial charge in [-0.2, -0.15) is 10.5 Å². The van der Waals surface area contributed by atoms with E-state index in [-0.39, 0.29) is 12.1 Å². The van der Waals surface area contributed by atoms with E-state index in [9.17, 15) is 9.59 Å². The second-order valence-electron chi connectivity index (χ2n) is 6.55. The summed E-state index contributed by atoms with van der Waals surface area (Å²) in [7, 11) is 0. The fourth-order valence-electron chi connectivity index (χ4n) is 2.61. The zero-order chi connectivity index (χ0) is 21.6. The van der Waals surface area contributed by atoms with Gasteiger partial charge in [0, 0.05) is 24.5 Å². The van der Waals surface area contributed by atoms with Crippen LogP contribution < -0.4 is 21.3 Å². The van der Waals surface area contributed by atoms with Crippen LogP contribution in [0.2, 0.25) is 0 Å². The topological polar surface area (TPSA) is 130 Å². The van der Waals surface area contributed by atoms with Crippen molar-refractivity contribution in [2.75, 3.05) is 23.7 Å². The average Bonchev–Trinajstić information content (AvgIpc) is 2.76. The second-order valence-corrected chi connectivity index (χ2v) is 6.55. The van der Waals surface area contributed by atoms with E-state index < -0.39 is 0 Å². The molecule has 0 aliphatic rings. The molecule has 0 fully saturated rings. The second kappa shape index (κ2) is 12.4. The number of amides is 4. The average molecular weight is 404 g/mol. The summed E-state index contributed by atoms with van der Waals surface area (Å²) in [5.41, 5.74) is 2.36. The summed E-state index contributed by atoms with van der Waals surface area (Å²) in [5.74, 6) is 0. The first-order valence-electron chi connectivity index (χ1n) is 9.71. The van der Waals surface area contributed by atoms with Gasteiger partial charge in [-0.15, -0.1) is 0 Å². The van der Waals surface area contributed by atoms with Crippen LogP contribution in [-0.4, -0.2) is 25.2 Å². The summed E-state index contributed by atoms with van der Waals surface area (Å²) in [5, 5.41) is 28.5. The number of urea groups is 2. The van der Waals surface area contributed by atoms with Crippen LogP contribution in [0.5, 0.6) is 0 Å². The van der Waals surface area contributed by atoms with Crippen LogP contribution >= 0.6 is 0 Å². The molecule has 0 unspecified atom stereocenters. The van der Waals surface area contributed by atoms with Crippen molar-refractivity contribution >= 4 is 23.4 Å². The standard InChI is InChI=1S/C22H24N6O2/c23-15-17-5-9-19(10-6-17)27-21(29)25-13-3-1-2-4-14-26-22(30)28-20-11-7-18(16-24)8-12-20/h5-12H,1-4,13-14H2,(H2,25,27,29)(H2,26,28,30). The third-order valence-corrected chi connectivity index (χ3v) is 4.22. The van der Waals surface area contributed by atoms with Crippen molar-refractivity contribution in [1.29, 1.82) is 10.5 Å². The molecule has 0 radical (unpaired) electrons. The molecule has 0 aromatic heterocycles. The number of rotatable bonds is 9. The maximum Gasteiger partial charge on any atom is 0.319 e. The molecule has 8 heteroatoms. The van der Waals surface area contributed by atoms with Crippen LogP contribution in [0, 0.1) is 22.7 Å². The molecular formula is C22H24N6O2. The Morgan fingerprint density at radius 2 is 1.00 bits per heavy atom. The molecule has 8 nitrogen and oxygen atoms in total. The lowest BCUT2D eigenvalue weighted by Gasteiger charge is -2.09. The zero-order valence-electron chi connectivity index (χ0n) is 16.6. The van der Waals surface area contributed by atoms with Crippen LogP contribution in [0.25, 0.3) is 0 Å². The lowest BCUT2D eigenvalue weighted by Crippen LogP contribution is -2.30. The number of hydrogen-bond donors (Lipinski definition) is 4. The Kier molecular flexibility index (Phi) is 9.22. The van der Waals surface area contributed by atoms with Crippen LogP contribution in [0.1, 0.15) is 36.8 Å². The van der Waals surface area contributed by atoms with Crippen molar-refractivity contribution in [3.05, 3.63) is 59.7 Å². The minimum absolute atomic E-state index is 0.277. The molecule has 4 amide bonds. The number of nitrogens with zero attached hydrogens (tertiary/aromatic N) is 2. The molecule has 2 aromatic rings. The Hall–Kier alpha value is -4.04. The number of benzene rings is 2. The molecule has 0 saturated heterocycles. The first-order valence-corrected chi connectivity index (χ1v) is 9.71. The van der Waals surface area contributed by atoms with Gasteiger partial charge in [0.2, 0.25) is 0 Å². The number of anilines is 2. The van der Waals surface area contributed by atoms with Crippen molar-refractivity contribution in [3.8, 4) is 12.1 Å². The van der Waals surface area contributed by atoms with Crippen LogP contribution in [0.3, 0.4) is 0 Å². The Morgan fingerprint density at radius 3 is 1.33 bits per heavy atom. The molecule has 154 valence electrons. The van der Waals surface area contributed by atoms with Gasteiger partial charge in [0.25, 0.3) is 0 Å². The Morgan fingerprint density at radius 1 is 0.633 bits per heavy atom. The molecule has 0 heterocycles. The third kappa shape index (κ3) is 8.32. The number of nitrogens with one attached hydrogen (secondary N) is 4. The van der Waals surface area contributed by atoms with Gasteiger partial charge in [-0.3, -0.25) is 0 Å². The minimum Gasteiger partial charge on any atom is -0.338 e.